The summed E-state index contributed by atoms with van der Waals surface area (Å²) in [6.45, 7) is 0. The maximum absolute atomic E-state index is 12.7. The van der Waals surface area contributed by atoms with Crippen LogP contribution in [0.3, 0.4) is 0 Å². The van der Waals surface area contributed by atoms with E-state index in [0.717, 1.165) is 0 Å². The lowest BCUT2D eigenvalue weighted by Crippen LogP contribution is -2.45. The van der Waals surface area contributed by atoms with E-state index in [-0.39, 0.29) is 11.8 Å². The van der Waals surface area contributed by atoms with Gasteiger partial charge in [-0.3, -0.25) is 0 Å². The Balaban J connectivity index is 2.08. The van der Waals surface area contributed by atoms with Crippen LogP contribution < -0.4 is 0 Å². The van der Waals surface area contributed by atoms with Crippen molar-refractivity contribution in [2.24, 2.45) is 23.7 Å². The smallest absolute Gasteiger partial charge is 0.166 e. The highest BCUT2D eigenvalue weighted by Crippen LogP contribution is 2.66. The minimum Gasteiger partial charge on any atom is -0.166 e. The zero-order valence-electron chi connectivity index (χ0n) is 8.44. The zero-order chi connectivity index (χ0) is 12.6. The Hall–Kier alpha value is -0.940. The van der Waals surface area contributed by atoms with Crippen LogP contribution in [0.4, 0.5) is 26.3 Å². The van der Waals surface area contributed by atoms with E-state index in [0.29, 0.717) is 6.42 Å². The third kappa shape index (κ3) is 1.32. The molecule has 0 spiro atoms. The van der Waals surface area contributed by atoms with Crippen molar-refractivity contribution in [1.29, 1.82) is 0 Å². The molecule has 3 aliphatic carbocycles. The SMILES string of the molecule is FC(F)(F)C1=C(C(F)(F)F)[C@H]2[C@@H]1[C@@H]1C=C[C@H]2C1. The predicted octanol–water partition coefficient (Wildman–Crippen LogP) is 3.86. The second-order valence-corrected chi connectivity index (χ2v) is 4.82. The molecule has 0 heterocycles. The predicted molar refractivity (Wildman–Crippen MR) is 46.9 cm³/mol. The second-order valence-electron chi connectivity index (χ2n) is 4.82. The molecule has 0 radical (unpaired) electrons. The molecule has 6 heteroatoms. The van der Waals surface area contributed by atoms with Crippen molar-refractivity contribution in [3.05, 3.63) is 23.3 Å². The maximum atomic E-state index is 12.7. The fourth-order valence-corrected chi connectivity index (χ4v) is 3.56. The number of rotatable bonds is 0. The molecule has 0 aromatic heterocycles. The van der Waals surface area contributed by atoms with E-state index in [9.17, 15) is 26.3 Å². The van der Waals surface area contributed by atoms with Gasteiger partial charge in [0.05, 0.1) is 0 Å². The summed E-state index contributed by atoms with van der Waals surface area (Å²) in [5, 5.41) is 0. The van der Waals surface area contributed by atoms with Crippen molar-refractivity contribution in [2.45, 2.75) is 18.8 Å². The van der Waals surface area contributed by atoms with Gasteiger partial charge in [0.1, 0.15) is 0 Å². The van der Waals surface area contributed by atoms with Crippen LogP contribution in [0.5, 0.6) is 0 Å². The average Bonchev–Trinajstić information content (AvgIpc) is 2.53. The van der Waals surface area contributed by atoms with Crippen LogP contribution >= 0.6 is 0 Å². The van der Waals surface area contributed by atoms with Gasteiger partial charge in [-0.25, -0.2) is 0 Å². The molecule has 1 saturated carbocycles. The molecule has 0 aliphatic heterocycles. The molecule has 4 atom stereocenters. The molecule has 0 amide bonds. The highest BCUT2D eigenvalue weighted by atomic mass is 19.4. The van der Waals surface area contributed by atoms with Crippen molar-refractivity contribution >= 4 is 0 Å². The highest BCUT2D eigenvalue weighted by Gasteiger charge is 2.66. The van der Waals surface area contributed by atoms with Gasteiger partial charge >= 0.3 is 12.4 Å². The molecule has 3 rings (SSSR count). The third-order valence-corrected chi connectivity index (χ3v) is 4.03. The lowest BCUT2D eigenvalue weighted by molar-refractivity contribution is -0.145. The van der Waals surface area contributed by atoms with Crippen molar-refractivity contribution < 1.29 is 26.3 Å². The first-order valence-electron chi connectivity index (χ1n) is 5.28. The van der Waals surface area contributed by atoms with E-state index in [2.05, 4.69) is 0 Å². The Kier molecular flexibility index (Phi) is 1.90. The second kappa shape index (κ2) is 2.90. The number of allylic oxidation sites excluding steroid dienone is 4. The van der Waals surface area contributed by atoms with Crippen molar-refractivity contribution in [1.82, 2.24) is 0 Å². The minimum absolute atomic E-state index is 0.354. The van der Waals surface area contributed by atoms with Crippen LogP contribution in [0.1, 0.15) is 6.42 Å². The van der Waals surface area contributed by atoms with Gasteiger partial charge in [0.2, 0.25) is 0 Å². The molecular weight excluding hydrogens is 246 g/mol. The van der Waals surface area contributed by atoms with Gasteiger partial charge in [-0.15, -0.1) is 0 Å². The zero-order valence-corrected chi connectivity index (χ0v) is 8.44. The highest BCUT2D eigenvalue weighted by molar-refractivity contribution is 5.46. The summed E-state index contributed by atoms with van der Waals surface area (Å²) < 4.78 is 76.0. The van der Waals surface area contributed by atoms with Gasteiger partial charge in [-0.2, -0.15) is 26.3 Å². The Morgan fingerprint density at radius 1 is 0.765 bits per heavy atom. The van der Waals surface area contributed by atoms with E-state index in [1.165, 1.54) is 0 Å². The van der Waals surface area contributed by atoms with Gasteiger partial charge < -0.3 is 0 Å². The van der Waals surface area contributed by atoms with Crippen LogP contribution in [0.15, 0.2) is 23.3 Å². The van der Waals surface area contributed by atoms with Crippen molar-refractivity contribution in [3.63, 3.8) is 0 Å². The van der Waals surface area contributed by atoms with Gasteiger partial charge in [-0.05, 0) is 18.3 Å². The lowest BCUT2D eigenvalue weighted by atomic mass is 9.62. The largest absolute Gasteiger partial charge is 0.413 e. The summed E-state index contributed by atoms with van der Waals surface area (Å²) in [7, 11) is 0. The fourth-order valence-electron chi connectivity index (χ4n) is 3.56. The summed E-state index contributed by atoms with van der Waals surface area (Å²) in [6.07, 6.45) is -6.03. The van der Waals surface area contributed by atoms with Crippen molar-refractivity contribution in [2.75, 3.05) is 0 Å². The van der Waals surface area contributed by atoms with Gasteiger partial charge in [0, 0.05) is 23.0 Å². The normalized spacial score (nSPS) is 39.6. The molecule has 0 aromatic carbocycles. The third-order valence-electron chi connectivity index (χ3n) is 4.03. The molecule has 94 valence electrons. The molecule has 3 aliphatic rings. The summed E-state index contributed by atoms with van der Waals surface area (Å²) >= 11 is 0. The number of hydrogen-bond acceptors (Lipinski definition) is 0. The first-order chi connectivity index (χ1) is 7.71. The topological polar surface area (TPSA) is 0 Å². The summed E-state index contributed by atoms with van der Waals surface area (Å²) in [4.78, 5) is 0. The molecule has 17 heavy (non-hydrogen) atoms. The first kappa shape index (κ1) is 11.2. The maximum Gasteiger partial charge on any atom is 0.413 e. The number of halogens is 6. The van der Waals surface area contributed by atoms with Gasteiger partial charge in [-0.1, -0.05) is 12.2 Å². The van der Waals surface area contributed by atoms with Crippen LogP contribution in [-0.4, -0.2) is 12.4 Å². The number of alkyl halides is 6. The molecular formula is C11H8F6. The number of fused-ring (bicyclic) bond motifs is 5. The molecule has 0 unspecified atom stereocenters. The molecule has 0 aromatic rings. The molecule has 0 saturated heterocycles. The number of hydrogen-bond donors (Lipinski definition) is 0. The van der Waals surface area contributed by atoms with E-state index < -0.39 is 35.3 Å². The van der Waals surface area contributed by atoms with Crippen LogP contribution in [0.2, 0.25) is 0 Å². The van der Waals surface area contributed by atoms with E-state index in [1.54, 1.807) is 12.2 Å². The quantitative estimate of drug-likeness (QED) is 0.455. The Morgan fingerprint density at radius 2 is 1.12 bits per heavy atom. The van der Waals surface area contributed by atoms with Crippen LogP contribution in [0, 0.1) is 23.7 Å². The van der Waals surface area contributed by atoms with E-state index >= 15 is 0 Å². The standard InChI is InChI=1S/C11H8F6/c12-10(13,14)8-6-4-1-2-5(3-4)7(6)9(8)11(15,16)17/h1-2,4-7H,3H2/t4-,5+,6+,7-. The summed E-state index contributed by atoms with van der Waals surface area (Å²) in [5.74, 6) is -2.62. The van der Waals surface area contributed by atoms with E-state index in [4.69, 9.17) is 0 Å². The first-order valence-corrected chi connectivity index (χ1v) is 5.28. The van der Waals surface area contributed by atoms with Crippen LogP contribution in [0.25, 0.3) is 0 Å². The minimum atomic E-state index is -4.86. The Labute approximate surface area is 93.0 Å². The molecule has 2 bridgehead atoms. The van der Waals surface area contributed by atoms with Crippen molar-refractivity contribution in [3.8, 4) is 0 Å². The fraction of sp³-hybridized carbons (Fsp3) is 0.636. The van der Waals surface area contributed by atoms with Crippen LogP contribution in [-0.2, 0) is 0 Å². The average molecular weight is 254 g/mol. The molecule has 0 nitrogen and oxygen atoms in total. The lowest BCUT2D eigenvalue weighted by Gasteiger charge is -2.44. The summed E-state index contributed by atoms with van der Waals surface area (Å²) in [5.41, 5.74) is -2.65. The molecule has 1 fully saturated rings. The Bertz CT molecular complexity index is 386. The Morgan fingerprint density at radius 3 is 1.41 bits per heavy atom. The van der Waals surface area contributed by atoms with Gasteiger partial charge in [0.15, 0.2) is 0 Å². The monoisotopic (exact) mass is 254 g/mol. The van der Waals surface area contributed by atoms with E-state index in [1.807, 2.05) is 0 Å². The van der Waals surface area contributed by atoms with Gasteiger partial charge in [0.25, 0.3) is 0 Å². The summed E-state index contributed by atoms with van der Waals surface area (Å²) in [6, 6.07) is 0. The molecule has 0 N–H and O–H groups in total.